The van der Waals surface area contributed by atoms with Crippen LogP contribution in [0, 0.1) is 12.3 Å². The molecule has 0 radical (unpaired) electrons. The molecule has 0 bridgehead atoms. The van der Waals surface area contributed by atoms with Crippen LogP contribution >= 0.6 is 11.3 Å². The Kier molecular flexibility index (Phi) is 4.29. The van der Waals surface area contributed by atoms with E-state index in [0.717, 1.165) is 15.1 Å². The van der Waals surface area contributed by atoms with E-state index in [2.05, 4.69) is 26.0 Å². The number of rotatable bonds is 5. The molecule has 1 amide bonds. The van der Waals surface area contributed by atoms with Gasteiger partial charge in [-0.15, -0.1) is 11.3 Å². The molecule has 5 N–H and O–H groups in total. The molecule has 0 aliphatic rings. The number of nitrogens with zero attached hydrogens (tertiary/aromatic N) is 2. The van der Waals surface area contributed by atoms with Gasteiger partial charge in [0.1, 0.15) is 10.6 Å². The third-order valence-corrected chi connectivity index (χ3v) is 4.13. The number of fused-ring (bicyclic) bond motifs is 1. The van der Waals surface area contributed by atoms with Gasteiger partial charge in [0.15, 0.2) is 0 Å². The second kappa shape index (κ2) is 5.82. The zero-order chi connectivity index (χ0) is 15.6. The summed E-state index contributed by atoms with van der Waals surface area (Å²) >= 11 is 1.57. The first kappa shape index (κ1) is 15.5. The Hall–Kier alpha value is -1.93. The summed E-state index contributed by atoms with van der Waals surface area (Å²) in [6.45, 7) is 6.22. The second-order valence-corrected chi connectivity index (χ2v) is 6.67. The molecule has 2 heterocycles. The number of amides is 1. The number of aryl methyl sites for hydroxylation is 1. The van der Waals surface area contributed by atoms with E-state index in [0.29, 0.717) is 18.3 Å². The minimum Gasteiger partial charge on any atom is -0.368 e. The van der Waals surface area contributed by atoms with E-state index in [4.69, 9.17) is 5.84 Å². The van der Waals surface area contributed by atoms with Gasteiger partial charge in [0.2, 0.25) is 11.9 Å². The number of nitrogens with one attached hydrogen (secondary N) is 3. The van der Waals surface area contributed by atoms with Gasteiger partial charge in [0.05, 0.1) is 10.8 Å². The van der Waals surface area contributed by atoms with Gasteiger partial charge in [-0.05, 0) is 26.8 Å². The molecule has 8 heteroatoms. The molecule has 0 aromatic carbocycles. The van der Waals surface area contributed by atoms with Crippen LogP contribution in [0.2, 0.25) is 0 Å². The molecule has 0 unspecified atom stereocenters. The van der Waals surface area contributed by atoms with E-state index >= 15 is 0 Å². The Morgan fingerprint density at radius 1 is 1.43 bits per heavy atom. The third-order valence-electron chi connectivity index (χ3n) is 3.18. The van der Waals surface area contributed by atoms with E-state index in [-0.39, 0.29) is 5.91 Å². The molecule has 114 valence electrons. The lowest BCUT2D eigenvalue weighted by Crippen LogP contribution is -2.39. The largest absolute Gasteiger partial charge is 0.368 e. The first-order valence-corrected chi connectivity index (χ1v) is 7.40. The molecule has 0 aliphatic heterocycles. The standard InChI is InChI=1S/C13H20N6OS/c1-7-5-8-9(16-6-13(2,3)11(20)15-4)17-12(19-14)18-10(8)21-7/h5H,6,14H2,1-4H3,(H,15,20)(H2,16,17,18,19). The van der Waals surface area contributed by atoms with E-state index in [1.54, 1.807) is 18.4 Å². The average molecular weight is 308 g/mol. The van der Waals surface area contributed by atoms with Crippen molar-refractivity contribution in [2.75, 3.05) is 24.3 Å². The third kappa shape index (κ3) is 3.22. The number of nitrogens with two attached hydrogens (primary N) is 1. The molecule has 2 rings (SSSR count). The van der Waals surface area contributed by atoms with Crippen LogP contribution in [0.3, 0.4) is 0 Å². The van der Waals surface area contributed by atoms with Crippen molar-refractivity contribution in [2.45, 2.75) is 20.8 Å². The molecule has 0 saturated carbocycles. The van der Waals surface area contributed by atoms with Crippen LogP contribution in [-0.2, 0) is 4.79 Å². The van der Waals surface area contributed by atoms with Crippen molar-refractivity contribution in [2.24, 2.45) is 11.3 Å². The minimum absolute atomic E-state index is 0.0287. The minimum atomic E-state index is -0.548. The molecular weight excluding hydrogens is 288 g/mol. The van der Waals surface area contributed by atoms with Gasteiger partial charge < -0.3 is 10.6 Å². The predicted molar refractivity (Wildman–Crippen MR) is 86.3 cm³/mol. The van der Waals surface area contributed by atoms with Gasteiger partial charge in [-0.2, -0.15) is 4.98 Å². The fraction of sp³-hybridized carbons (Fsp3) is 0.462. The number of carbonyl (C=O) groups is 1. The highest BCUT2D eigenvalue weighted by molar-refractivity contribution is 7.18. The van der Waals surface area contributed by atoms with E-state index < -0.39 is 5.41 Å². The highest BCUT2D eigenvalue weighted by Crippen LogP contribution is 2.30. The van der Waals surface area contributed by atoms with Gasteiger partial charge in [-0.1, -0.05) is 0 Å². The molecule has 21 heavy (non-hydrogen) atoms. The van der Waals surface area contributed by atoms with Crippen LogP contribution in [0.15, 0.2) is 6.07 Å². The zero-order valence-corrected chi connectivity index (χ0v) is 13.4. The molecule has 0 saturated heterocycles. The number of thiophene rings is 1. The van der Waals surface area contributed by atoms with Crippen LogP contribution in [0.5, 0.6) is 0 Å². The summed E-state index contributed by atoms with van der Waals surface area (Å²) in [5.74, 6) is 6.40. The van der Waals surface area contributed by atoms with Gasteiger partial charge in [0, 0.05) is 18.5 Å². The SMILES string of the molecule is CNC(=O)C(C)(C)CNc1nc(NN)nc2sc(C)cc12. The molecule has 7 nitrogen and oxygen atoms in total. The Labute approximate surface area is 127 Å². The predicted octanol–water partition coefficient (Wildman–Crippen LogP) is 1.47. The lowest BCUT2D eigenvalue weighted by Gasteiger charge is -2.23. The molecular formula is C13H20N6OS. The van der Waals surface area contributed by atoms with E-state index in [1.165, 1.54) is 0 Å². The Morgan fingerprint density at radius 3 is 2.76 bits per heavy atom. The number of anilines is 2. The first-order chi connectivity index (χ1) is 9.87. The van der Waals surface area contributed by atoms with Crippen molar-refractivity contribution < 1.29 is 4.79 Å². The number of carbonyl (C=O) groups excluding carboxylic acids is 1. The highest BCUT2D eigenvalue weighted by atomic mass is 32.1. The second-order valence-electron chi connectivity index (χ2n) is 5.43. The zero-order valence-electron chi connectivity index (χ0n) is 12.6. The molecule has 0 spiro atoms. The molecule has 2 aromatic heterocycles. The lowest BCUT2D eigenvalue weighted by atomic mass is 9.92. The van der Waals surface area contributed by atoms with Gasteiger partial charge in [-0.3, -0.25) is 10.2 Å². The van der Waals surface area contributed by atoms with Gasteiger partial charge in [-0.25, -0.2) is 10.8 Å². The number of hydrogen-bond acceptors (Lipinski definition) is 7. The summed E-state index contributed by atoms with van der Waals surface area (Å²) in [7, 11) is 1.63. The van der Waals surface area contributed by atoms with E-state index in [1.807, 2.05) is 26.8 Å². The highest BCUT2D eigenvalue weighted by Gasteiger charge is 2.26. The van der Waals surface area contributed by atoms with Crippen LogP contribution in [0.25, 0.3) is 10.2 Å². The lowest BCUT2D eigenvalue weighted by molar-refractivity contribution is -0.128. The van der Waals surface area contributed by atoms with Crippen molar-refractivity contribution in [3.05, 3.63) is 10.9 Å². The Morgan fingerprint density at radius 2 is 2.14 bits per heavy atom. The Bertz CT molecular complexity index is 666. The van der Waals surface area contributed by atoms with Crippen molar-refractivity contribution in [3.8, 4) is 0 Å². The monoisotopic (exact) mass is 308 g/mol. The normalized spacial score (nSPS) is 11.5. The van der Waals surface area contributed by atoms with Crippen molar-refractivity contribution >= 4 is 39.2 Å². The number of hydrogen-bond donors (Lipinski definition) is 4. The summed E-state index contributed by atoms with van der Waals surface area (Å²) < 4.78 is 0. The fourth-order valence-corrected chi connectivity index (χ4v) is 2.84. The molecule has 0 atom stereocenters. The van der Waals surface area contributed by atoms with Gasteiger partial charge in [0.25, 0.3) is 0 Å². The quantitative estimate of drug-likeness (QED) is 0.492. The summed E-state index contributed by atoms with van der Waals surface area (Å²) in [6, 6.07) is 2.02. The van der Waals surface area contributed by atoms with Crippen molar-refractivity contribution in [3.63, 3.8) is 0 Å². The molecule has 0 fully saturated rings. The summed E-state index contributed by atoms with van der Waals surface area (Å²) in [4.78, 5) is 22.5. The summed E-state index contributed by atoms with van der Waals surface area (Å²) in [5.41, 5.74) is 1.92. The summed E-state index contributed by atoms with van der Waals surface area (Å²) in [6.07, 6.45) is 0. The first-order valence-electron chi connectivity index (χ1n) is 6.58. The smallest absolute Gasteiger partial charge is 0.240 e. The maximum Gasteiger partial charge on any atom is 0.240 e. The maximum absolute atomic E-state index is 11.8. The van der Waals surface area contributed by atoms with Crippen LogP contribution in [0.1, 0.15) is 18.7 Å². The number of aromatic nitrogens is 2. The van der Waals surface area contributed by atoms with Crippen LogP contribution in [0.4, 0.5) is 11.8 Å². The number of hydrazine groups is 1. The average Bonchev–Trinajstić information content (AvgIpc) is 2.83. The Balaban J connectivity index is 2.31. The van der Waals surface area contributed by atoms with Crippen LogP contribution in [-0.4, -0.2) is 29.5 Å². The van der Waals surface area contributed by atoms with Crippen molar-refractivity contribution in [1.29, 1.82) is 0 Å². The maximum atomic E-state index is 11.8. The molecule has 0 aliphatic carbocycles. The van der Waals surface area contributed by atoms with Crippen molar-refractivity contribution in [1.82, 2.24) is 15.3 Å². The van der Waals surface area contributed by atoms with Crippen LogP contribution < -0.4 is 21.9 Å². The molecule has 2 aromatic rings. The van der Waals surface area contributed by atoms with E-state index in [9.17, 15) is 4.79 Å². The fourth-order valence-electron chi connectivity index (χ4n) is 1.96. The summed E-state index contributed by atoms with van der Waals surface area (Å²) in [5, 5.41) is 6.83. The number of nitrogen functional groups attached to an aromatic ring is 1. The van der Waals surface area contributed by atoms with Gasteiger partial charge >= 0.3 is 0 Å². The topological polar surface area (TPSA) is 105 Å².